The standard InChI is InChI=1S/C14H11NO4/c1-3-10-5-4-9(2)11(8-10)14(18)19-15-12(16)6-7-13(15)17/h1,4-5,8H,6-7H2,2H3. The van der Waals surface area contributed by atoms with Crippen molar-refractivity contribution in [3.05, 3.63) is 34.9 Å². The highest BCUT2D eigenvalue weighted by atomic mass is 16.7. The molecule has 0 saturated carbocycles. The predicted octanol–water partition coefficient (Wildman–Crippen LogP) is 1.20. The molecule has 1 aromatic carbocycles. The van der Waals surface area contributed by atoms with Gasteiger partial charge in [0.2, 0.25) is 0 Å². The number of imide groups is 1. The minimum Gasteiger partial charge on any atom is -0.325 e. The summed E-state index contributed by atoms with van der Waals surface area (Å²) in [5.41, 5.74) is 1.42. The normalized spacial score (nSPS) is 14.4. The number of nitrogens with zero attached hydrogens (tertiary/aromatic N) is 1. The molecule has 0 spiro atoms. The molecule has 1 fully saturated rings. The van der Waals surface area contributed by atoms with Gasteiger partial charge in [0, 0.05) is 18.4 Å². The number of hydrogen-bond donors (Lipinski definition) is 0. The van der Waals surface area contributed by atoms with E-state index in [2.05, 4.69) is 5.92 Å². The highest BCUT2D eigenvalue weighted by Gasteiger charge is 2.33. The zero-order chi connectivity index (χ0) is 14.0. The highest BCUT2D eigenvalue weighted by Crippen LogP contribution is 2.17. The van der Waals surface area contributed by atoms with Gasteiger partial charge in [0.15, 0.2) is 0 Å². The van der Waals surface area contributed by atoms with E-state index in [0.717, 1.165) is 0 Å². The van der Waals surface area contributed by atoms with E-state index in [0.29, 0.717) is 16.2 Å². The van der Waals surface area contributed by atoms with Gasteiger partial charge in [-0.25, -0.2) is 4.79 Å². The lowest BCUT2D eigenvalue weighted by molar-refractivity contribution is -0.172. The fourth-order valence-electron chi connectivity index (χ4n) is 1.72. The Morgan fingerprint density at radius 1 is 1.32 bits per heavy atom. The maximum absolute atomic E-state index is 11.9. The second-order valence-corrected chi connectivity index (χ2v) is 4.13. The second-order valence-electron chi connectivity index (χ2n) is 4.13. The van der Waals surface area contributed by atoms with Crippen LogP contribution in [0.15, 0.2) is 18.2 Å². The molecule has 96 valence electrons. The van der Waals surface area contributed by atoms with E-state index >= 15 is 0 Å². The number of terminal acetylenes is 1. The van der Waals surface area contributed by atoms with Crippen molar-refractivity contribution in [1.82, 2.24) is 5.06 Å². The smallest absolute Gasteiger partial charge is 0.325 e. The van der Waals surface area contributed by atoms with Gasteiger partial charge in [-0.1, -0.05) is 12.0 Å². The van der Waals surface area contributed by atoms with E-state index < -0.39 is 17.8 Å². The fraction of sp³-hybridized carbons (Fsp3) is 0.214. The van der Waals surface area contributed by atoms with Gasteiger partial charge in [0.05, 0.1) is 5.56 Å². The second kappa shape index (κ2) is 4.94. The van der Waals surface area contributed by atoms with Crippen LogP contribution in [-0.2, 0) is 14.4 Å². The van der Waals surface area contributed by atoms with Gasteiger partial charge in [0.25, 0.3) is 11.8 Å². The lowest BCUT2D eigenvalue weighted by atomic mass is 10.1. The molecule has 0 atom stereocenters. The Morgan fingerprint density at radius 3 is 2.53 bits per heavy atom. The van der Waals surface area contributed by atoms with Crippen LogP contribution in [0.4, 0.5) is 0 Å². The van der Waals surface area contributed by atoms with Crippen LogP contribution in [-0.4, -0.2) is 22.8 Å². The van der Waals surface area contributed by atoms with Crippen molar-refractivity contribution >= 4 is 17.8 Å². The maximum atomic E-state index is 11.9. The molecule has 0 radical (unpaired) electrons. The number of rotatable bonds is 2. The molecule has 1 saturated heterocycles. The molecular formula is C14H11NO4. The molecule has 1 aliphatic heterocycles. The summed E-state index contributed by atoms with van der Waals surface area (Å²) in [6, 6.07) is 4.86. The number of aryl methyl sites for hydroxylation is 1. The first-order valence-corrected chi connectivity index (χ1v) is 5.68. The maximum Gasteiger partial charge on any atom is 0.364 e. The lowest BCUT2D eigenvalue weighted by Gasteiger charge is -2.13. The van der Waals surface area contributed by atoms with E-state index in [-0.39, 0.29) is 18.4 Å². The van der Waals surface area contributed by atoms with Gasteiger partial charge in [-0.05, 0) is 24.6 Å². The SMILES string of the molecule is C#Cc1ccc(C)c(C(=O)ON2C(=O)CCC2=O)c1. The molecule has 0 aromatic heterocycles. The molecule has 5 nitrogen and oxygen atoms in total. The van der Waals surface area contributed by atoms with Gasteiger partial charge in [-0.15, -0.1) is 11.5 Å². The summed E-state index contributed by atoms with van der Waals surface area (Å²) in [5.74, 6) is 0.620. The predicted molar refractivity (Wildman–Crippen MR) is 65.6 cm³/mol. The van der Waals surface area contributed by atoms with Crippen LogP contribution in [0.3, 0.4) is 0 Å². The number of carbonyl (C=O) groups is 3. The minimum atomic E-state index is -0.766. The monoisotopic (exact) mass is 257 g/mol. The van der Waals surface area contributed by atoms with Crippen molar-refractivity contribution in [2.24, 2.45) is 0 Å². The molecular weight excluding hydrogens is 246 g/mol. The van der Waals surface area contributed by atoms with E-state index in [1.807, 2.05) is 0 Å². The fourth-order valence-corrected chi connectivity index (χ4v) is 1.72. The number of hydrogen-bond acceptors (Lipinski definition) is 4. The summed E-state index contributed by atoms with van der Waals surface area (Å²) >= 11 is 0. The lowest BCUT2D eigenvalue weighted by Crippen LogP contribution is -2.32. The van der Waals surface area contributed by atoms with Gasteiger partial charge < -0.3 is 4.84 Å². The van der Waals surface area contributed by atoms with Crippen molar-refractivity contribution < 1.29 is 19.2 Å². The first-order valence-electron chi connectivity index (χ1n) is 5.68. The van der Waals surface area contributed by atoms with Crippen LogP contribution in [0.1, 0.15) is 34.3 Å². The van der Waals surface area contributed by atoms with Gasteiger partial charge >= 0.3 is 5.97 Å². The molecule has 19 heavy (non-hydrogen) atoms. The topological polar surface area (TPSA) is 63.7 Å². The van der Waals surface area contributed by atoms with E-state index in [4.69, 9.17) is 11.3 Å². The molecule has 1 aromatic rings. The average Bonchev–Trinajstić information content (AvgIpc) is 2.71. The molecule has 0 aliphatic carbocycles. The summed E-state index contributed by atoms with van der Waals surface area (Å²) in [7, 11) is 0. The quantitative estimate of drug-likeness (QED) is 0.590. The van der Waals surface area contributed by atoms with Crippen molar-refractivity contribution in [3.8, 4) is 12.3 Å². The number of benzene rings is 1. The van der Waals surface area contributed by atoms with Crippen molar-refractivity contribution in [2.75, 3.05) is 0 Å². The molecule has 0 N–H and O–H groups in total. The molecule has 5 heteroatoms. The average molecular weight is 257 g/mol. The Balaban J connectivity index is 2.23. The molecule has 2 rings (SSSR count). The summed E-state index contributed by atoms with van der Waals surface area (Å²) in [5, 5.41) is 0.518. The zero-order valence-corrected chi connectivity index (χ0v) is 10.3. The Bertz CT molecular complexity index is 596. The number of carbonyl (C=O) groups excluding carboxylic acids is 3. The first kappa shape index (κ1) is 12.8. The highest BCUT2D eigenvalue weighted by molar-refractivity contribution is 6.03. The zero-order valence-electron chi connectivity index (χ0n) is 10.3. The van der Waals surface area contributed by atoms with E-state index in [1.165, 1.54) is 6.07 Å². The number of amides is 2. The Morgan fingerprint density at radius 2 is 1.95 bits per heavy atom. The summed E-state index contributed by atoms with van der Waals surface area (Å²) < 4.78 is 0. The van der Waals surface area contributed by atoms with Gasteiger partial charge in [-0.2, -0.15) is 0 Å². The van der Waals surface area contributed by atoms with Crippen LogP contribution in [0.5, 0.6) is 0 Å². The Hall–Kier alpha value is -2.61. The van der Waals surface area contributed by atoms with Gasteiger partial charge in [-0.3, -0.25) is 9.59 Å². The Labute approximate surface area is 110 Å². The third kappa shape index (κ3) is 2.47. The molecule has 0 bridgehead atoms. The van der Waals surface area contributed by atoms with Crippen LogP contribution in [0.2, 0.25) is 0 Å². The van der Waals surface area contributed by atoms with Crippen LogP contribution in [0.25, 0.3) is 0 Å². The summed E-state index contributed by atoms with van der Waals surface area (Å²) in [4.78, 5) is 39.5. The van der Waals surface area contributed by atoms with Crippen LogP contribution < -0.4 is 0 Å². The third-order valence-corrected chi connectivity index (χ3v) is 2.80. The van der Waals surface area contributed by atoms with E-state index in [9.17, 15) is 14.4 Å². The largest absolute Gasteiger partial charge is 0.364 e. The number of hydroxylamine groups is 2. The van der Waals surface area contributed by atoms with Crippen LogP contribution in [0, 0.1) is 19.3 Å². The van der Waals surface area contributed by atoms with Crippen molar-refractivity contribution in [3.63, 3.8) is 0 Å². The molecule has 0 unspecified atom stereocenters. The molecule has 1 aliphatic rings. The Kier molecular flexibility index (Phi) is 3.34. The molecule has 1 heterocycles. The first-order chi connectivity index (χ1) is 9.02. The van der Waals surface area contributed by atoms with E-state index in [1.54, 1.807) is 19.1 Å². The van der Waals surface area contributed by atoms with Crippen molar-refractivity contribution in [1.29, 1.82) is 0 Å². The summed E-state index contributed by atoms with van der Waals surface area (Å²) in [6.45, 7) is 1.71. The minimum absolute atomic E-state index is 0.0650. The van der Waals surface area contributed by atoms with Crippen molar-refractivity contribution in [2.45, 2.75) is 19.8 Å². The van der Waals surface area contributed by atoms with Crippen LogP contribution >= 0.6 is 0 Å². The van der Waals surface area contributed by atoms with Gasteiger partial charge in [0.1, 0.15) is 0 Å². The summed E-state index contributed by atoms with van der Waals surface area (Å²) in [6.07, 6.45) is 5.39. The molecule has 2 amide bonds. The third-order valence-electron chi connectivity index (χ3n) is 2.80.